The first kappa shape index (κ1) is 40.0. The summed E-state index contributed by atoms with van der Waals surface area (Å²) in [4.78, 5) is 80.6. The third-order valence-corrected chi connectivity index (χ3v) is 14.4. The summed E-state index contributed by atoms with van der Waals surface area (Å²) in [6, 6.07) is 18.7. The summed E-state index contributed by atoms with van der Waals surface area (Å²) >= 11 is 6.42. The molecular formula is C46H51ClN8O5. The minimum absolute atomic E-state index is 0.0565. The highest BCUT2D eigenvalue weighted by atomic mass is 35.5. The highest BCUT2D eigenvalue weighted by Gasteiger charge is 2.50. The van der Waals surface area contributed by atoms with Gasteiger partial charge in [-0.05, 0) is 112 Å². The predicted octanol–water partition coefficient (Wildman–Crippen LogP) is 5.99. The standard InChI is InChI=1S/C46H51ClN8O5/c1-45(2)28-46(29-54(45)34-9-11-38(48-3)37(47)27-34)16-20-53(21-17-46)42(58)30-4-6-31(7-5-30)51-22-24-52(25-23-51)32-14-18-50(19-15-32)33-8-10-35-36(26-33)44(60)55(43(35)59)39-12-13-40(56)49-41(39)57/h4-11,26-27,32,39H,12-25,28-29H2,1-2H3,(H,49,56,57). The lowest BCUT2D eigenvalue weighted by molar-refractivity contribution is -0.136. The van der Waals surface area contributed by atoms with E-state index >= 15 is 0 Å². The fourth-order valence-corrected chi connectivity index (χ4v) is 11.0. The number of fused-ring (bicyclic) bond motifs is 1. The van der Waals surface area contributed by atoms with Crippen LogP contribution in [0.2, 0.25) is 5.02 Å². The van der Waals surface area contributed by atoms with Gasteiger partial charge in [-0.2, -0.15) is 0 Å². The maximum absolute atomic E-state index is 13.7. The zero-order chi connectivity index (χ0) is 41.9. The summed E-state index contributed by atoms with van der Waals surface area (Å²) in [5.74, 6) is -1.87. The molecule has 14 heteroatoms. The molecular weight excluding hydrogens is 780 g/mol. The lowest BCUT2D eigenvalue weighted by Gasteiger charge is -2.44. The molecule has 13 nitrogen and oxygen atoms in total. The molecule has 0 saturated carbocycles. The van der Waals surface area contributed by atoms with Gasteiger partial charge in [0.2, 0.25) is 17.5 Å². The predicted molar refractivity (Wildman–Crippen MR) is 230 cm³/mol. The van der Waals surface area contributed by atoms with Crippen LogP contribution in [0.4, 0.5) is 22.7 Å². The minimum Gasteiger partial charge on any atom is -0.371 e. The normalized spacial score (nSPS) is 23.3. The number of halogens is 1. The van der Waals surface area contributed by atoms with E-state index in [0.717, 1.165) is 119 Å². The monoisotopic (exact) mass is 830 g/mol. The first-order chi connectivity index (χ1) is 28.8. The van der Waals surface area contributed by atoms with Crippen LogP contribution in [0, 0.1) is 12.0 Å². The van der Waals surface area contributed by atoms with E-state index in [1.165, 1.54) is 0 Å². The Hall–Kier alpha value is -5.45. The first-order valence-corrected chi connectivity index (χ1v) is 21.6. The molecule has 6 heterocycles. The maximum Gasteiger partial charge on any atom is 0.262 e. The molecule has 9 rings (SSSR count). The van der Waals surface area contributed by atoms with Gasteiger partial charge in [0.25, 0.3) is 17.7 Å². The number of benzene rings is 3. The van der Waals surface area contributed by atoms with E-state index in [1.54, 1.807) is 12.1 Å². The van der Waals surface area contributed by atoms with Crippen LogP contribution in [-0.4, -0.2) is 121 Å². The molecule has 5 amide bonds. The fraction of sp³-hybridized carbons (Fsp3) is 0.478. The lowest BCUT2D eigenvalue weighted by atomic mass is 9.74. The summed E-state index contributed by atoms with van der Waals surface area (Å²) in [7, 11) is 0. The Balaban J connectivity index is 0.741. The van der Waals surface area contributed by atoms with Crippen molar-refractivity contribution in [2.75, 3.05) is 73.6 Å². The highest BCUT2D eigenvalue weighted by Crippen LogP contribution is 2.50. The van der Waals surface area contributed by atoms with Crippen LogP contribution < -0.4 is 20.0 Å². The topological polar surface area (TPSA) is 121 Å². The van der Waals surface area contributed by atoms with Gasteiger partial charge in [-0.1, -0.05) is 17.7 Å². The van der Waals surface area contributed by atoms with E-state index in [0.29, 0.717) is 27.9 Å². The van der Waals surface area contributed by atoms with Gasteiger partial charge >= 0.3 is 0 Å². The van der Waals surface area contributed by atoms with Gasteiger partial charge in [-0.3, -0.25) is 39.1 Å². The van der Waals surface area contributed by atoms with Gasteiger partial charge in [0.05, 0.1) is 17.7 Å². The second-order valence-corrected chi connectivity index (χ2v) is 18.5. The van der Waals surface area contributed by atoms with Crippen molar-refractivity contribution in [2.24, 2.45) is 5.41 Å². The molecule has 1 atom stereocenters. The van der Waals surface area contributed by atoms with Crippen molar-refractivity contribution in [2.45, 2.75) is 76.4 Å². The largest absolute Gasteiger partial charge is 0.371 e. The second-order valence-electron chi connectivity index (χ2n) is 18.1. The number of piperazine rings is 1. The Kier molecular flexibility index (Phi) is 10.4. The molecule has 0 aromatic heterocycles. The zero-order valence-corrected chi connectivity index (χ0v) is 35.0. The fourth-order valence-electron chi connectivity index (χ4n) is 10.8. The molecule has 3 aromatic carbocycles. The van der Waals surface area contributed by atoms with E-state index in [-0.39, 0.29) is 35.6 Å². The maximum atomic E-state index is 13.7. The Labute approximate surface area is 356 Å². The summed E-state index contributed by atoms with van der Waals surface area (Å²) in [6.45, 7) is 19.7. The van der Waals surface area contributed by atoms with Crippen LogP contribution in [0.1, 0.15) is 89.9 Å². The average Bonchev–Trinajstić information content (AvgIpc) is 3.67. The van der Waals surface area contributed by atoms with Crippen molar-refractivity contribution in [3.05, 3.63) is 93.8 Å². The first-order valence-electron chi connectivity index (χ1n) is 21.3. The smallest absolute Gasteiger partial charge is 0.262 e. The Bertz CT molecular complexity index is 2280. The molecule has 5 saturated heterocycles. The Morgan fingerprint density at radius 1 is 0.767 bits per heavy atom. The van der Waals surface area contributed by atoms with Crippen molar-refractivity contribution >= 4 is 63.9 Å². The molecule has 0 aliphatic carbocycles. The van der Waals surface area contributed by atoms with Gasteiger partial charge in [0, 0.05) is 105 Å². The van der Waals surface area contributed by atoms with Gasteiger partial charge in [0.15, 0.2) is 0 Å². The number of imide groups is 2. The van der Waals surface area contributed by atoms with E-state index in [4.69, 9.17) is 18.2 Å². The number of nitrogens with one attached hydrogen (secondary N) is 1. The molecule has 1 spiro atoms. The van der Waals surface area contributed by atoms with Crippen molar-refractivity contribution < 1.29 is 24.0 Å². The number of piperidine rings is 3. The number of hydrogen-bond acceptors (Lipinski definition) is 9. The number of rotatable bonds is 6. The Morgan fingerprint density at radius 3 is 2.08 bits per heavy atom. The number of amides is 5. The number of hydrogen-bond donors (Lipinski definition) is 1. The summed E-state index contributed by atoms with van der Waals surface area (Å²) < 4.78 is 0. The van der Waals surface area contributed by atoms with Gasteiger partial charge in [0.1, 0.15) is 6.04 Å². The quantitative estimate of drug-likeness (QED) is 0.236. The summed E-state index contributed by atoms with van der Waals surface area (Å²) in [6.07, 6.45) is 5.17. The molecule has 0 radical (unpaired) electrons. The molecule has 5 fully saturated rings. The molecule has 0 bridgehead atoms. The lowest BCUT2D eigenvalue weighted by Crippen LogP contribution is -2.54. The van der Waals surface area contributed by atoms with Crippen LogP contribution in [0.3, 0.4) is 0 Å². The van der Waals surface area contributed by atoms with E-state index in [9.17, 15) is 24.0 Å². The zero-order valence-electron chi connectivity index (χ0n) is 34.3. The summed E-state index contributed by atoms with van der Waals surface area (Å²) in [5, 5.41) is 2.74. The van der Waals surface area contributed by atoms with E-state index in [2.05, 4.69) is 55.7 Å². The van der Waals surface area contributed by atoms with Crippen LogP contribution in [0.5, 0.6) is 0 Å². The highest BCUT2D eigenvalue weighted by molar-refractivity contribution is 6.33. The molecule has 3 aromatic rings. The Morgan fingerprint density at radius 2 is 1.42 bits per heavy atom. The van der Waals surface area contributed by atoms with E-state index < -0.39 is 23.8 Å². The van der Waals surface area contributed by atoms with Crippen molar-refractivity contribution in [1.82, 2.24) is 20.0 Å². The van der Waals surface area contributed by atoms with Crippen LogP contribution in [-0.2, 0) is 9.59 Å². The van der Waals surface area contributed by atoms with Gasteiger partial charge < -0.3 is 19.6 Å². The number of nitrogens with zero attached hydrogens (tertiary/aromatic N) is 7. The molecule has 6 aliphatic rings. The molecule has 1 N–H and O–H groups in total. The molecule has 6 aliphatic heterocycles. The van der Waals surface area contributed by atoms with Crippen molar-refractivity contribution in [1.29, 1.82) is 0 Å². The number of likely N-dealkylation sites (tertiary alicyclic amines) is 1. The van der Waals surface area contributed by atoms with Crippen molar-refractivity contribution in [3.63, 3.8) is 0 Å². The molecule has 312 valence electrons. The average molecular weight is 831 g/mol. The van der Waals surface area contributed by atoms with E-state index in [1.807, 2.05) is 41.3 Å². The number of carbonyl (C=O) groups excluding carboxylic acids is 5. The number of carbonyl (C=O) groups is 5. The number of anilines is 3. The second kappa shape index (κ2) is 15.5. The van der Waals surface area contributed by atoms with Crippen LogP contribution in [0.25, 0.3) is 4.85 Å². The van der Waals surface area contributed by atoms with Crippen molar-refractivity contribution in [3.8, 4) is 0 Å². The summed E-state index contributed by atoms with van der Waals surface area (Å²) in [5.41, 5.74) is 4.97. The van der Waals surface area contributed by atoms with Crippen LogP contribution in [0.15, 0.2) is 60.7 Å². The SMILES string of the molecule is [C-]#[N+]c1ccc(N2CC3(CCN(C(=O)c4ccc(N5CCN(C6CCN(c7ccc8c(c7)C(=O)N(C7CCC(=O)NC7=O)C8=O)CC6)CC5)cc4)CC3)CC2(C)C)cc1Cl. The molecule has 60 heavy (non-hydrogen) atoms. The molecule has 1 unspecified atom stereocenters. The third kappa shape index (κ3) is 7.27. The third-order valence-electron chi connectivity index (χ3n) is 14.1. The van der Waals surface area contributed by atoms with Gasteiger partial charge in [-0.25, -0.2) is 4.85 Å². The van der Waals surface area contributed by atoms with Gasteiger partial charge in [-0.15, -0.1) is 0 Å². The minimum atomic E-state index is -0.972. The van der Waals surface area contributed by atoms with Crippen LogP contribution >= 0.6 is 11.6 Å².